The maximum atomic E-state index is 12.4. The van der Waals surface area contributed by atoms with Crippen molar-refractivity contribution in [2.75, 3.05) is 12.4 Å². The first-order chi connectivity index (χ1) is 11.5. The molecule has 6 nitrogen and oxygen atoms in total. The van der Waals surface area contributed by atoms with Crippen LogP contribution in [0.1, 0.15) is 19.8 Å². The minimum Gasteiger partial charge on any atom is -0.497 e. The van der Waals surface area contributed by atoms with Gasteiger partial charge in [0.25, 0.3) is 5.91 Å². The van der Waals surface area contributed by atoms with Gasteiger partial charge in [-0.2, -0.15) is 0 Å². The van der Waals surface area contributed by atoms with Crippen LogP contribution in [-0.4, -0.2) is 30.4 Å². The Morgan fingerprint density at radius 3 is 2.58 bits per heavy atom. The SMILES string of the molecule is COc1ccc(NC(=O)C2C=C3C(=O)CC(C)CC3=NC2=O)cc1. The third-order valence-corrected chi connectivity index (χ3v) is 4.17. The molecule has 1 aliphatic heterocycles. The van der Waals surface area contributed by atoms with Gasteiger partial charge < -0.3 is 10.1 Å². The summed E-state index contributed by atoms with van der Waals surface area (Å²) in [7, 11) is 1.55. The van der Waals surface area contributed by atoms with E-state index in [-0.39, 0.29) is 11.7 Å². The fraction of sp³-hybridized carbons (Fsp3) is 0.333. The first-order valence-electron chi connectivity index (χ1n) is 7.79. The van der Waals surface area contributed by atoms with Crippen LogP contribution in [0.2, 0.25) is 0 Å². The van der Waals surface area contributed by atoms with E-state index in [1.165, 1.54) is 6.08 Å². The molecule has 2 aliphatic rings. The monoisotopic (exact) mass is 326 g/mol. The zero-order valence-corrected chi connectivity index (χ0v) is 13.5. The van der Waals surface area contributed by atoms with Crippen molar-refractivity contribution in [3.63, 3.8) is 0 Å². The van der Waals surface area contributed by atoms with Gasteiger partial charge in [-0.15, -0.1) is 0 Å². The highest BCUT2D eigenvalue weighted by molar-refractivity contribution is 6.29. The second kappa shape index (κ2) is 6.39. The van der Waals surface area contributed by atoms with Gasteiger partial charge in [0.05, 0.1) is 12.8 Å². The number of ether oxygens (including phenoxy) is 1. The Kier molecular flexibility index (Phi) is 4.29. The summed E-state index contributed by atoms with van der Waals surface area (Å²) < 4.78 is 5.06. The summed E-state index contributed by atoms with van der Waals surface area (Å²) in [6, 6.07) is 6.77. The van der Waals surface area contributed by atoms with E-state index in [2.05, 4.69) is 10.3 Å². The molecule has 0 saturated heterocycles. The van der Waals surface area contributed by atoms with E-state index in [0.29, 0.717) is 35.6 Å². The molecule has 0 bridgehead atoms. The number of carbonyl (C=O) groups is 3. The molecule has 24 heavy (non-hydrogen) atoms. The zero-order chi connectivity index (χ0) is 17.3. The van der Waals surface area contributed by atoms with Crippen molar-refractivity contribution in [3.8, 4) is 5.75 Å². The van der Waals surface area contributed by atoms with Crippen molar-refractivity contribution in [2.45, 2.75) is 19.8 Å². The molecule has 0 spiro atoms. The van der Waals surface area contributed by atoms with Gasteiger partial charge in [0.15, 0.2) is 5.78 Å². The molecule has 2 unspecified atom stereocenters. The van der Waals surface area contributed by atoms with E-state index in [4.69, 9.17) is 4.74 Å². The molecule has 6 heteroatoms. The molecule has 2 amide bonds. The van der Waals surface area contributed by atoms with Crippen LogP contribution in [0.25, 0.3) is 0 Å². The number of benzene rings is 1. The number of aliphatic imine (C=N–C) groups is 1. The minimum absolute atomic E-state index is 0.0535. The molecular formula is C18H18N2O4. The quantitative estimate of drug-likeness (QED) is 0.863. The van der Waals surface area contributed by atoms with Crippen LogP contribution in [0.15, 0.2) is 40.9 Å². The van der Waals surface area contributed by atoms with Crippen molar-refractivity contribution < 1.29 is 19.1 Å². The second-order valence-electron chi connectivity index (χ2n) is 6.11. The van der Waals surface area contributed by atoms with Crippen LogP contribution in [0.3, 0.4) is 0 Å². The number of methoxy groups -OCH3 is 1. The van der Waals surface area contributed by atoms with Crippen LogP contribution < -0.4 is 10.1 Å². The lowest BCUT2D eigenvalue weighted by molar-refractivity contribution is -0.128. The van der Waals surface area contributed by atoms with Gasteiger partial charge in [0.2, 0.25) is 5.91 Å². The number of rotatable bonds is 3. The molecule has 1 saturated carbocycles. The highest BCUT2D eigenvalue weighted by Crippen LogP contribution is 2.28. The average Bonchev–Trinajstić information content (AvgIpc) is 2.54. The third-order valence-electron chi connectivity index (χ3n) is 4.17. The Bertz CT molecular complexity index is 762. The predicted octanol–water partition coefficient (Wildman–Crippen LogP) is 2.16. The van der Waals surface area contributed by atoms with Gasteiger partial charge >= 0.3 is 0 Å². The molecule has 3 rings (SSSR count). The van der Waals surface area contributed by atoms with Crippen LogP contribution in [-0.2, 0) is 14.4 Å². The Balaban J connectivity index is 1.78. The average molecular weight is 326 g/mol. The minimum atomic E-state index is -1.07. The lowest BCUT2D eigenvalue weighted by Gasteiger charge is -2.25. The molecule has 1 fully saturated rings. The summed E-state index contributed by atoms with van der Waals surface area (Å²) in [6.45, 7) is 1.95. The van der Waals surface area contributed by atoms with E-state index in [0.717, 1.165) is 0 Å². The van der Waals surface area contributed by atoms with Crippen molar-refractivity contribution in [1.29, 1.82) is 0 Å². The number of hydrogen-bond acceptors (Lipinski definition) is 4. The molecule has 1 aliphatic carbocycles. The van der Waals surface area contributed by atoms with Gasteiger partial charge in [-0.05, 0) is 36.6 Å². The standard InChI is InChI=1S/C18H18N2O4/c1-10-7-15-13(16(21)8-10)9-14(18(23)20-15)17(22)19-11-3-5-12(24-2)6-4-11/h3-6,9-10,14H,7-8H2,1-2H3,(H,19,22). The summed E-state index contributed by atoms with van der Waals surface area (Å²) in [6.07, 6.45) is 2.47. The fourth-order valence-electron chi connectivity index (χ4n) is 2.92. The molecule has 1 aromatic carbocycles. The molecule has 1 aromatic rings. The van der Waals surface area contributed by atoms with Crippen molar-refractivity contribution in [2.24, 2.45) is 16.8 Å². The molecule has 0 radical (unpaired) electrons. The van der Waals surface area contributed by atoms with Crippen molar-refractivity contribution >= 4 is 29.0 Å². The van der Waals surface area contributed by atoms with Crippen molar-refractivity contribution in [3.05, 3.63) is 35.9 Å². The van der Waals surface area contributed by atoms with Gasteiger partial charge in [-0.3, -0.25) is 14.4 Å². The van der Waals surface area contributed by atoms with Gasteiger partial charge in [0.1, 0.15) is 11.7 Å². The molecule has 0 aromatic heterocycles. The second-order valence-corrected chi connectivity index (χ2v) is 6.11. The van der Waals surface area contributed by atoms with Crippen LogP contribution in [0.4, 0.5) is 5.69 Å². The highest BCUT2D eigenvalue weighted by atomic mass is 16.5. The van der Waals surface area contributed by atoms with E-state index in [1.54, 1.807) is 31.4 Å². The fourth-order valence-corrected chi connectivity index (χ4v) is 2.92. The summed E-state index contributed by atoms with van der Waals surface area (Å²) in [5, 5.41) is 2.67. The number of dihydropyridines is 1. The Labute approximate surface area is 139 Å². The largest absolute Gasteiger partial charge is 0.497 e. The maximum absolute atomic E-state index is 12.4. The lowest BCUT2D eigenvalue weighted by atomic mass is 9.81. The van der Waals surface area contributed by atoms with Crippen LogP contribution in [0, 0.1) is 11.8 Å². The highest BCUT2D eigenvalue weighted by Gasteiger charge is 2.35. The van der Waals surface area contributed by atoms with Crippen LogP contribution >= 0.6 is 0 Å². The first kappa shape index (κ1) is 16.1. The van der Waals surface area contributed by atoms with E-state index in [9.17, 15) is 14.4 Å². The topological polar surface area (TPSA) is 84.8 Å². The number of nitrogens with one attached hydrogen (secondary N) is 1. The van der Waals surface area contributed by atoms with Gasteiger partial charge in [-0.1, -0.05) is 13.0 Å². The first-order valence-corrected chi connectivity index (χ1v) is 7.79. The number of Topliss-reactive ketones (excluding diaryl/α,β-unsaturated/α-hetero) is 1. The normalized spacial score (nSPS) is 23.1. The molecule has 124 valence electrons. The Morgan fingerprint density at radius 2 is 1.92 bits per heavy atom. The molecule has 1 N–H and O–H groups in total. The number of ketones is 1. The summed E-state index contributed by atoms with van der Waals surface area (Å²) >= 11 is 0. The summed E-state index contributed by atoms with van der Waals surface area (Å²) in [5.74, 6) is -1.30. The number of nitrogens with zero attached hydrogens (tertiary/aromatic N) is 1. The lowest BCUT2D eigenvalue weighted by Crippen LogP contribution is -2.35. The van der Waals surface area contributed by atoms with E-state index < -0.39 is 17.7 Å². The Hall–Kier alpha value is -2.76. The summed E-state index contributed by atoms with van der Waals surface area (Å²) in [4.78, 5) is 40.7. The number of carbonyl (C=O) groups excluding carboxylic acids is 3. The third kappa shape index (κ3) is 3.13. The number of fused-ring (bicyclic) bond motifs is 1. The zero-order valence-electron chi connectivity index (χ0n) is 13.5. The maximum Gasteiger partial charge on any atom is 0.262 e. The molecule has 1 heterocycles. The van der Waals surface area contributed by atoms with Gasteiger partial charge in [-0.25, -0.2) is 4.99 Å². The van der Waals surface area contributed by atoms with E-state index >= 15 is 0 Å². The molecule has 2 atom stereocenters. The Morgan fingerprint density at radius 1 is 1.21 bits per heavy atom. The van der Waals surface area contributed by atoms with Crippen molar-refractivity contribution in [1.82, 2.24) is 0 Å². The van der Waals surface area contributed by atoms with E-state index in [1.807, 2.05) is 6.92 Å². The smallest absolute Gasteiger partial charge is 0.262 e. The van der Waals surface area contributed by atoms with Crippen LogP contribution in [0.5, 0.6) is 5.75 Å². The summed E-state index contributed by atoms with van der Waals surface area (Å²) in [5.41, 5.74) is 1.48. The number of anilines is 1. The molecular weight excluding hydrogens is 308 g/mol. The number of amides is 2. The van der Waals surface area contributed by atoms with Gasteiger partial charge in [0, 0.05) is 17.7 Å². The predicted molar refractivity (Wildman–Crippen MR) is 89.0 cm³/mol. The number of allylic oxidation sites excluding steroid dienone is 1. The number of hydrogen-bond donors (Lipinski definition) is 1.